The monoisotopic (exact) mass is 953 g/mol. The van der Waals surface area contributed by atoms with Crippen molar-refractivity contribution in [1.29, 1.82) is 0 Å². The Bertz CT molecular complexity index is 1110. The van der Waals surface area contributed by atoms with Crippen LogP contribution in [0.4, 0.5) is 0 Å². The maximum atomic E-state index is 12.8. The number of fused-ring (bicyclic) bond motifs is 1. The van der Waals surface area contributed by atoms with Crippen molar-refractivity contribution in [2.45, 2.75) is 262 Å². The van der Waals surface area contributed by atoms with Crippen LogP contribution in [0.2, 0.25) is 0 Å². The topological polar surface area (TPSA) is 139 Å². The van der Waals surface area contributed by atoms with Crippen LogP contribution >= 0.6 is 0 Å². The zero-order valence-electron chi connectivity index (χ0n) is 43.9. The van der Waals surface area contributed by atoms with E-state index in [9.17, 15) is 20.1 Å². The molecule has 0 bridgehead atoms. The van der Waals surface area contributed by atoms with Gasteiger partial charge in [0.25, 0.3) is 0 Å². The van der Waals surface area contributed by atoms with Gasteiger partial charge in [-0.15, -0.1) is 0 Å². The second kappa shape index (κ2) is 39.7. The van der Waals surface area contributed by atoms with E-state index in [1.807, 2.05) is 11.9 Å². The van der Waals surface area contributed by atoms with Crippen LogP contribution in [0.3, 0.4) is 0 Å². The highest BCUT2D eigenvalue weighted by molar-refractivity contribution is 5.77. The van der Waals surface area contributed by atoms with Crippen LogP contribution in [0, 0.1) is 17.8 Å². The predicted octanol–water partition coefficient (Wildman–Crippen LogP) is 11.5. The van der Waals surface area contributed by atoms with E-state index in [2.05, 4.69) is 19.2 Å². The summed E-state index contributed by atoms with van der Waals surface area (Å²) in [5, 5.41) is 32.6. The summed E-state index contributed by atoms with van der Waals surface area (Å²) in [6.45, 7) is 8.46. The third kappa shape index (κ3) is 27.5. The van der Waals surface area contributed by atoms with E-state index in [0.717, 1.165) is 25.7 Å². The van der Waals surface area contributed by atoms with E-state index < -0.39 is 18.0 Å². The number of carbonyl (C=O) groups excluding carboxylic acids is 1. The summed E-state index contributed by atoms with van der Waals surface area (Å²) in [5.74, 6) is -0.909. The standard InChI is InChI=1S/C56H108N2O9/c1-4-6-8-10-12-14-16-18-20-22-24-26-28-30-32-34-36-56(37-35-33-31-29-27-25-23-21-19-17-15-13-11-9-7-5-2)66-47-48(67-56)44-58(3)45-50(60)57-38-39-63-40-41-64-42-43-65-55-51-49(46-59)53(61)54(62)52(51)55/h48-49,51-55,59,61-62H,4-47H2,1-3H3,(H,57,60). The number of nitrogens with one attached hydrogen (secondary N) is 1. The highest BCUT2D eigenvalue weighted by Crippen LogP contribution is 2.57. The van der Waals surface area contributed by atoms with Crippen molar-refractivity contribution >= 4 is 5.91 Å². The quantitative estimate of drug-likeness (QED) is 0.0436. The number of likely N-dealkylation sites (N-methyl/N-ethyl adjacent to an activating group) is 1. The van der Waals surface area contributed by atoms with Crippen LogP contribution in [0.25, 0.3) is 0 Å². The first-order valence-electron chi connectivity index (χ1n) is 28.9. The van der Waals surface area contributed by atoms with Gasteiger partial charge in [0.05, 0.1) is 70.6 Å². The molecule has 3 fully saturated rings. The molecule has 2 aliphatic carbocycles. The van der Waals surface area contributed by atoms with Gasteiger partial charge in [0.1, 0.15) is 0 Å². The molecule has 11 nitrogen and oxygen atoms in total. The van der Waals surface area contributed by atoms with E-state index in [4.69, 9.17) is 23.7 Å². The number of rotatable bonds is 49. The largest absolute Gasteiger partial charge is 0.396 e. The lowest BCUT2D eigenvalue weighted by atomic mass is 9.98. The van der Waals surface area contributed by atoms with Crippen molar-refractivity contribution in [3.63, 3.8) is 0 Å². The Kier molecular flexibility index (Phi) is 35.8. The molecular formula is C56H108N2O9. The van der Waals surface area contributed by atoms with Crippen LogP contribution in [0.1, 0.15) is 232 Å². The van der Waals surface area contributed by atoms with Crippen molar-refractivity contribution in [2.75, 3.05) is 72.9 Å². The molecule has 0 radical (unpaired) electrons. The molecule has 0 aromatic rings. The number of unbranched alkanes of at least 4 members (excludes halogenated alkanes) is 30. The summed E-state index contributed by atoms with van der Waals surface area (Å²) < 4.78 is 30.4. The molecule has 4 N–H and O–H groups in total. The zero-order chi connectivity index (χ0) is 48.1. The summed E-state index contributed by atoms with van der Waals surface area (Å²) in [5.41, 5.74) is 0. The van der Waals surface area contributed by atoms with Gasteiger partial charge in [-0.05, 0) is 19.9 Å². The third-order valence-corrected chi connectivity index (χ3v) is 15.1. The number of amides is 1. The number of hydrogen-bond acceptors (Lipinski definition) is 10. The molecule has 3 aliphatic rings. The van der Waals surface area contributed by atoms with E-state index in [1.165, 1.54) is 193 Å². The summed E-state index contributed by atoms with van der Waals surface area (Å²) >= 11 is 0. The molecule has 0 aromatic heterocycles. The Morgan fingerprint density at radius 2 is 1.00 bits per heavy atom. The van der Waals surface area contributed by atoms with Crippen LogP contribution < -0.4 is 5.32 Å². The molecule has 7 atom stereocenters. The highest BCUT2D eigenvalue weighted by atomic mass is 16.7. The average Bonchev–Trinajstić information content (AvgIpc) is 3.78. The van der Waals surface area contributed by atoms with Crippen LogP contribution in [0.15, 0.2) is 0 Å². The van der Waals surface area contributed by atoms with Gasteiger partial charge >= 0.3 is 0 Å². The molecule has 1 saturated heterocycles. The molecule has 1 amide bonds. The number of aliphatic hydroxyl groups is 3. The Hall–Kier alpha value is -0.890. The van der Waals surface area contributed by atoms with Crippen molar-refractivity contribution in [3.8, 4) is 0 Å². The number of aliphatic hydroxyl groups excluding tert-OH is 3. The molecular weight excluding hydrogens is 845 g/mol. The first-order valence-corrected chi connectivity index (χ1v) is 28.9. The Balaban J connectivity index is 1.22. The lowest BCUT2D eigenvalue weighted by molar-refractivity contribution is -0.180. The second-order valence-corrected chi connectivity index (χ2v) is 21.2. The van der Waals surface area contributed by atoms with Crippen molar-refractivity contribution in [1.82, 2.24) is 10.2 Å². The fourth-order valence-corrected chi connectivity index (χ4v) is 11.0. The summed E-state index contributed by atoms with van der Waals surface area (Å²) in [7, 11) is 1.98. The van der Waals surface area contributed by atoms with Crippen LogP contribution in [-0.2, 0) is 28.5 Å². The Morgan fingerprint density at radius 1 is 0.582 bits per heavy atom. The van der Waals surface area contributed by atoms with Gasteiger partial charge in [0, 0.05) is 50.3 Å². The Morgan fingerprint density at radius 3 is 1.45 bits per heavy atom. The predicted molar refractivity (Wildman–Crippen MR) is 273 cm³/mol. The first-order chi connectivity index (χ1) is 32.9. The summed E-state index contributed by atoms with van der Waals surface area (Å²) in [4.78, 5) is 14.8. The van der Waals surface area contributed by atoms with E-state index in [0.29, 0.717) is 59.3 Å². The number of carbonyl (C=O) groups is 1. The van der Waals surface area contributed by atoms with Crippen LogP contribution in [-0.4, -0.2) is 129 Å². The molecule has 1 heterocycles. The molecule has 0 spiro atoms. The van der Waals surface area contributed by atoms with Crippen molar-refractivity contribution < 1.29 is 43.8 Å². The minimum Gasteiger partial charge on any atom is -0.396 e. The SMILES string of the molecule is CCCCCCCCCCCCCCCCCCC1(CCCCCCCCCCCCCCCCCC)OCC(CN(C)CC(=O)NCCOCCOCCOC2C3C(O)C(O)C(CO)C23)O1. The Labute approximate surface area is 411 Å². The maximum absolute atomic E-state index is 12.8. The lowest BCUT2D eigenvalue weighted by Gasteiger charge is -2.29. The average molecular weight is 953 g/mol. The third-order valence-electron chi connectivity index (χ3n) is 15.1. The molecule has 7 unspecified atom stereocenters. The van der Waals surface area contributed by atoms with Crippen molar-refractivity contribution in [3.05, 3.63) is 0 Å². The second-order valence-electron chi connectivity index (χ2n) is 21.2. The smallest absolute Gasteiger partial charge is 0.234 e. The molecule has 67 heavy (non-hydrogen) atoms. The van der Waals surface area contributed by atoms with Gasteiger partial charge in [-0.3, -0.25) is 9.69 Å². The van der Waals surface area contributed by atoms with Gasteiger partial charge in [0.15, 0.2) is 5.79 Å². The summed E-state index contributed by atoms with van der Waals surface area (Å²) in [6, 6.07) is 0. The number of nitrogens with zero attached hydrogens (tertiary/aromatic N) is 1. The minimum atomic E-state index is -0.868. The minimum absolute atomic E-state index is 0.0180. The van der Waals surface area contributed by atoms with Crippen molar-refractivity contribution in [2.24, 2.45) is 17.8 Å². The van der Waals surface area contributed by atoms with E-state index in [1.54, 1.807) is 0 Å². The molecule has 0 aromatic carbocycles. The summed E-state index contributed by atoms with van der Waals surface area (Å²) in [6.07, 6.45) is 43.9. The van der Waals surface area contributed by atoms with E-state index in [-0.39, 0.29) is 42.5 Å². The molecule has 2 saturated carbocycles. The molecule has 3 rings (SSSR count). The van der Waals surface area contributed by atoms with Gasteiger partial charge in [0.2, 0.25) is 5.91 Å². The maximum Gasteiger partial charge on any atom is 0.234 e. The van der Waals surface area contributed by atoms with Gasteiger partial charge in [-0.25, -0.2) is 0 Å². The molecule has 11 heteroatoms. The van der Waals surface area contributed by atoms with Gasteiger partial charge < -0.3 is 44.3 Å². The zero-order valence-corrected chi connectivity index (χ0v) is 43.9. The van der Waals surface area contributed by atoms with E-state index >= 15 is 0 Å². The normalized spacial score (nSPS) is 23.1. The molecule has 1 aliphatic heterocycles. The molecule has 396 valence electrons. The van der Waals surface area contributed by atoms with Gasteiger partial charge in [-0.2, -0.15) is 0 Å². The fourth-order valence-electron chi connectivity index (χ4n) is 11.0. The van der Waals surface area contributed by atoms with Crippen LogP contribution in [0.5, 0.6) is 0 Å². The fraction of sp³-hybridized carbons (Fsp3) is 0.982. The number of ether oxygens (including phenoxy) is 5. The lowest BCUT2D eigenvalue weighted by Crippen LogP contribution is -2.41. The first kappa shape index (κ1) is 60.4. The van der Waals surface area contributed by atoms with Gasteiger partial charge in [-0.1, -0.05) is 206 Å². The highest BCUT2D eigenvalue weighted by Gasteiger charge is 2.67. The number of hydrogen-bond donors (Lipinski definition) is 4.